The van der Waals surface area contributed by atoms with Gasteiger partial charge in [-0.1, -0.05) is 48.5 Å². The Balaban J connectivity index is 0.00000243. The summed E-state index contributed by atoms with van der Waals surface area (Å²) in [5.41, 5.74) is 1.97. The van der Waals surface area contributed by atoms with Gasteiger partial charge in [0, 0.05) is 32.7 Å². The van der Waals surface area contributed by atoms with E-state index >= 15 is 0 Å². The Morgan fingerprint density at radius 3 is 2.08 bits per heavy atom. The predicted octanol–water partition coefficient (Wildman–Crippen LogP) is 3.44. The second-order valence-corrected chi connectivity index (χ2v) is 6.04. The molecule has 1 saturated heterocycles. The average Bonchev–Trinajstić information content (AvgIpc) is 2.67. The Labute approximate surface area is 161 Å². The fourth-order valence-corrected chi connectivity index (χ4v) is 2.65. The van der Waals surface area contributed by atoms with Crippen LogP contribution in [-0.2, 0) is 4.74 Å². The highest BCUT2D eigenvalue weighted by atomic mass is 35.5. The quantitative estimate of drug-likeness (QED) is 0.599. The molecule has 0 radical (unpaired) electrons. The lowest BCUT2D eigenvalue weighted by Gasteiger charge is -2.28. The van der Waals surface area contributed by atoms with E-state index in [0.29, 0.717) is 13.2 Å². The summed E-state index contributed by atoms with van der Waals surface area (Å²) in [5.74, 6) is 1.61. The maximum absolute atomic E-state index is 5.48. The van der Waals surface area contributed by atoms with Crippen molar-refractivity contribution in [2.45, 2.75) is 0 Å². The molecule has 0 unspecified atom stereocenters. The summed E-state index contributed by atoms with van der Waals surface area (Å²) < 4.78 is 5.48. The summed E-state index contributed by atoms with van der Waals surface area (Å²) in [6, 6.07) is 20.2. The summed E-state index contributed by atoms with van der Waals surface area (Å²) in [5, 5.41) is 0. The Morgan fingerprint density at radius 1 is 0.923 bits per heavy atom. The van der Waals surface area contributed by atoms with E-state index in [9.17, 15) is 0 Å². The van der Waals surface area contributed by atoms with Gasteiger partial charge in [-0.25, -0.2) is 4.99 Å². The van der Waals surface area contributed by atoms with Crippen LogP contribution in [0, 0.1) is 0 Å². The molecule has 3 rings (SSSR count). The molecule has 0 spiro atoms. The van der Waals surface area contributed by atoms with Gasteiger partial charge in [-0.3, -0.25) is 0 Å². The van der Waals surface area contributed by atoms with Crippen molar-refractivity contribution in [2.75, 3.05) is 40.4 Å². The average molecular weight is 373 g/mol. The number of halogens is 1. The van der Waals surface area contributed by atoms with E-state index in [4.69, 9.17) is 14.7 Å². The summed E-state index contributed by atoms with van der Waals surface area (Å²) in [6.45, 7) is 2.99. The molecule has 0 aromatic heterocycles. The number of benzene rings is 2. The second kappa shape index (κ2) is 9.94. The van der Waals surface area contributed by atoms with Crippen LogP contribution in [0.4, 0.5) is 5.69 Å². The first kappa shape index (κ1) is 19.9. The molecule has 2 aromatic carbocycles. The van der Waals surface area contributed by atoms with E-state index in [-0.39, 0.29) is 12.4 Å². The second-order valence-electron chi connectivity index (χ2n) is 6.04. The van der Waals surface area contributed by atoms with Crippen LogP contribution >= 0.6 is 12.4 Å². The number of guanidine groups is 1. The fourth-order valence-electron chi connectivity index (χ4n) is 2.65. The summed E-state index contributed by atoms with van der Waals surface area (Å²) in [6.07, 6.45) is 0. The summed E-state index contributed by atoms with van der Waals surface area (Å²) in [4.78, 5) is 13.9. The van der Waals surface area contributed by atoms with Crippen LogP contribution in [0.1, 0.15) is 5.56 Å². The molecular formula is C20H25ClN4O. The number of morpholine rings is 1. The van der Waals surface area contributed by atoms with E-state index in [1.807, 2.05) is 67.5 Å². The number of rotatable bonds is 2. The largest absolute Gasteiger partial charge is 0.378 e. The van der Waals surface area contributed by atoms with Gasteiger partial charge in [0.15, 0.2) is 0 Å². The van der Waals surface area contributed by atoms with Gasteiger partial charge in [0.2, 0.25) is 5.96 Å². The monoisotopic (exact) mass is 372 g/mol. The fraction of sp³-hybridized carbons (Fsp3) is 0.300. The zero-order valence-electron chi connectivity index (χ0n) is 15.2. The molecule has 0 N–H and O–H groups in total. The van der Waals surface area contributed by atoms with Crippen molar-refractivity contribution >= 4 is 29.9 Å². The normalized spacial score (nSPS) is 15.4. The molecule has 1 fully saturated rings. The number of hydrogen-bond acceptors (Lipinski definition) is 2. The zero-order valence-corrected chi connectivity index (χ0v) is 16.0. The molecule has 1 aliphatic rings. The minimum absolute atomic E-state index is 0. The van der Waals surface area contributed by atoms with Crippen LogP contribution in [0.5, 0.6) is 0 Å². The van der Waals surface area contributed by atoms with Gasteiger partial charge in [-0.05, 0) is 12.1 Å². The number of aliphatic imine (C=N–C) groups is 2. The molecule has 0 bridgehead atoms. The van der Waals surface area contributed by atoms with Crippen molar-refractivity contribution in [3.8, 4) is 0 Å². The van der Waals surface area contributed by atoms with E-state index in [2.05, 4.69) is 17.0 Å². The summed E-state index contributed by atoms with van der Waals surface area (Å²) in [7, 11) is 4.01. The van der Waals surface area contributed by atoms with Crippen molar-refractivity contribution in [1.29, 1.82) is 0 Å². The van der Waals surface area contributed by atoms with Crippen LogP contribution in [0.2, 0.25) is 0 Å². The topological polar surface area (TPSA) is 40.4 Å². The van der Waals surface area contributed by atoms with Gasteiger partial charge >= 0.3 is 0 Å². The number of amidine groups is 1. The van der Waals surface area contributed by atoms with Gasteiger partial charge in [-0.15, -0.1) is 12.4 Å². The van der Waals surface area contributed by atoms with Crippen molar-refractivity contribution < 1.29 is 4.74 Å². The molecule has 0 aliphatic carbocycles. The lowest BCUT2D eigenvalue weighted by molar-refractivity contribution is 0.0676. The maximum atomic E-state index is 5.48. The van der Waals surface area contributed by atoms with Crippen molar-refractivity contribution in [3.63, 3.8) is 0 Å². The summed E-state index contributed by atoms with van der Waals surface area (Å²) >= 11 is 0. The van der Waals surface area contributed by atoms with Crippen molar-refractivity contribution in [2.24, 2.45) is 9.98 Å². The molecule has 138 valence electrons. The van der Waals surface area contributed by atoms with E-state index in [1.54, 1.807) is 0 Å². The Kier molecular flexibility index (Phi) is 7.63. The van der Waals surface area contributed by atoms with Gasteiger partial charge in [0.1, 0.15) is 5.84 Å². The lowest BCUT2D eigenvalue weighted by Crippen LogP contribution is -2.41. The van der Waals surface area contributed by atoms with Crippen LogP contribution in [0.25, 0.3) is 0 Å². The highest BCUT2D eigenvalue weighted by Gasteiger charge is 2.17. The molecule has 2 aromatic rings. The number of para-hydroxylation sites is 1. The minimum atomic E-state index is 0. The predicted molar refractivity (Wildman–Crippen MR) is 110 cm³/mol. The molecule has 0 atom stereocenters. The SMILES string of the molecule is CN(C)C(=NC(=Nc1ccccc1)N1CCOCC1)c1ccccc1.Cl. The third-order valence-electron chi connectivity index (χ3n) is 3.94. The highest BCUT2D eigenvalue weighted by Crippen LogP contribution is 2.14. The first-order valence-corrected chi connectivity index (χ1v) is 8.52. The smallest absolute Gasteiger partial charge is 0.228 e. The third-order valence-corrected chi connectivity index (χ3v) is 3.94. The Bertz CT molecular complexity index is 726. The third kappa shape index (κ3) is 5.31. The van der Waals surface area contributed by atoms with Gasteiger partial charge in [-0.2, -0.15) is 4.99 Å². The van der Waals surface area contributed by atoms with Gasteiger partial charge in [0.25, 0.3) is 0 Å². The van der Waals surface area contributed by atoms with Crippen molar-refractivity contribution in [3.05, 3.63) is 66.2 Å². The molecule has 1 aliphatic heterocycles. The van der Waals surface area contributed by atoms with E-state index in [1.165, 1.54) is 0 Å². The maximum Gasteiger partial charge on any atom is 0.228 e. The molecule has 0 amide bonds. The lowest BCUT2D eigenvalue weighted by atomic mass is 10.2. The number of nitrogens with zero attached hydrogens (tertiary/aromatic N) is 4. The molecule has 0 saturated carbocycles. The van der Waals surface area contributed by atoms with E-state index < -0.39 is 0 Å². The van der Waals surface area contributed by atoms with Crippen LogP contribution in [0.15, 0.2) is 70.6 Å². The Morgan fingerprint density at radius 2 is 1.50 bits per heavy atom. The standard InChI is InChI=1S/C20H24N4O.ClH/c1-23(2)19(17-9-5-3-6-10-17)22-20(24-13-15-25-16-14-24)21-18-11-7-4-8-12-18;/h3-12H,13-16H2,1-2H3;1H. The first-order valence-electron chi connectivity index (χ1n) is 8.52. The molecule has 1 heterocycles. The molecular weight excluding hydrogens is 348 g/mol. The number of ether oxygens (including phenoxy) is 1. The van der Waals surface area contributed by atoms with Crippen molar-refractivity contribution in [1.82, 2.24) is 9.80 Å². The van der Waals surface area contributed by atoms with Gasteiger partial charge in [0.05, 0.1) is 18.9 Å². The zero-order chi connectivity index (χ0) is 17.5. The van der Waals surface area contributed by atoms with Crippen LogP contribution in [-0.4, -0.2) is 62.0 Å². The number of hydrogen-bond donors (Lipinski definition) is 0. The van der Waals surface area contributed by atoms with Crippen LogP contribution < -0.4 is 0 Å². The molecule has 26 heavy (non-hydrogen) atoms. The minimum Gasteiger partial charge on any atom is -0.378 e. The van der Waals surface area contributed by atoms with Gasteiger partial charge < -0.3 is 14.5 Å². The van der Waals surface area contributed by atoms with E-state index in [0.717, 1.165) is 36.1 Å². The highest BCUT2D eigenvalue weighted by molar-refractivity contribution is 6.05. The molecule has 6 heteroatoms. The molecule has 5 nitrogen and oxygen atoms in total. The Hall–Kier alpha value is -2.37. The van der Waals surface area contributed by atoms with Crippen LogP contribution in [0.3, 0.4) is 0 Å². The first-order chi connectivity index (χ1) is 12.2.